The molecule has 2 aromatic carbocycles. The fourth-order valence-electron chi connectivity index (χ4n) is 2.85. The smallest absolute Gasteiger partial charge is 0.303 e. The Morgan fingerprint density at radius 3 is 2.23 bits per heavy atom. The lowest BCUT2D eigenvalue weighted by molar-refractivity contribution is -0.147. The van der Waals surface area contributed by atoms with Gasteiger partial charge >= 0.3 is 5.97 Å². The molecule has 0 aliphatic heterocycles. The standard InChI is InChI=1S/C20H24O6/c1-13(21)26-16(14-8-6-5-7-9-14)11-10-15-17(23-2)12-18(24-3)20(25-4)19(15)22/h5-9,12,16,22H,10-11H2,1-4H3/t16-/m0/s1. The third-order valence-electron chi connectivity index (χ3n) is 4.06. The van der Waals surface area contributed by atoms with Crippen LogP contribution in [0.2, 0.25) is 0 Å². The van der Waals surface area contributed by atoms with E-state index in [4.69, 9.17) is 18.9 Å². The second kappa shape index (κ2) is 8.99. The third kappa shape index (κ3) is 4.39. The molecule has 26 heavy (non-hydrogen) atoms. The van der Waals surface area contributed by atoms with Gasteiger partial charge in [0, 0.05) is 18.6 Å². The van der Waals surface area contributed by atoms with Gasteiger partial charge in [-0.15, -0.1) is 0 Å². The quantitative estimate of drug-likeness (QED) is 0.724. The number of ether oxygens (including phenoxy) is 4. The number of phenolic OH excluding ortho intramolecular Hbond substituents is 1. The van der Waals surface area contributed by atoms with Gasteiger partial charge in [-0.2, -0.15) is 0 Å². The highest BCUT2D eigenvalue weighted by Gasteiger charge is 2.22. The van der Waals surface area contributed by atoms with Crippen LogP contribution >= 0.6 is 0 Å². The average molecular weight is 360 g/mol. The average Bonchev–Trinajstić information content (AvgIpc) is 2.65. The molecule has 0 saturated heterocycles. The first-order chi connectivity index (χ1) is 12.5. The van der Waals surface area contributed by atoms with Crippen LogP contribution in [-0.2, 0) is 16.0 Å². The summed E-state index contributed by atoms with van der Waals surface area (Å²) in [5.41, 5.74) is 1.46. The van der Waals surface area contributed by atoms with Gasteiger partial charge in [-0.25, -0.2) is 0 Å². The molecule has 0 bridgehead atoms. The van der Waals surface area contributed by atoms with E-state index in [1.165, 1.54) is 28.3 Å². The molecular weight excluding hydrogens is 336 g/mol. The highest BCUT2D eigenvalue weighted by molar-refractivity contribution is 5.66. The van der Waals surface area contributed by atoms with E-state index in [9.17, 15) is 9.90 Å². The maximum absolute atomic E-state index is 11.5. The summed E-state index contributed by atoms with van der Waals surface area (Å²) in [6, 6.07) is 11.1. The Balaban J connectivity index is 2.32. The van der Waals surface area contributed by atoms with Crippen LogP contribution in [0, 0.1) is 0 Å². The summed E-state index contributed by atoms with van der Waals surface area (Å²) in [5.74, 6) is 0.702. The molecular formula is C20H24O6. The van der Waals surface area contributed by atoms with Gasteiger partial charge in [-0.1, -0.05) is 30.3 Å². The van der Waals surface area contributed by atoms with Crippen molar-refractivity contribution in [3.63, 3.8) is 0 Å². The van der Waals surface area contributed by atoms with Gasteiger partial charge < -0.3 is 24.1 Å². The van der Waals surface area contributed by atoms with Crippen LogP contribution in [0.5, 0.6) is 23.0 Å². The zero-order chi connectivity index (χ0) is 19.1. The number of hydrogen-bond acceptors (Lipinski definition) is 6. The van der Waals surface area contributed by atoms with Gasteiger partial charge in [-0.3, -0.25) is 4.79 Å². The van der Waals surface area contributed by atoms with Crippen LogP contribution < -0.4 is 14.2 Å². The monoisotopic (exact) mass is 360 g/mol. The molecule has 0 spiro atoms. The van der Waals surface area contributed by atoms with Gasteiger partial charge in [0.05, 0.1) is 21.3 Å². The lowest BCUT2D eigenvalue weighted by Crippen LogP contribution is -2.10. The molecule has 140 valence electrons. The van der Waals surface area contributed by atoms with Crippen molar-refractivity contribution in [1.29, 1.82) is 0 Å². The number of methoxy groups -OCH3 is 3. The van der Waals surface area contributed by atoms with Gasteiger partial charge in [-0.05, 0) is 18.4 Å². The molecule has 0 radical (unpaired) electrons. The number of esters is 1. The molecule has 6 nitrogen and oxygen atoms in total. The zero-order valence-corrected chi connectivity index (χ0v) is 15.4. The predicted molar refractivity (Wildman–Crippen MR) is 97.0 cm³/mol. The first kappa shape index (κ1) is 19.4. The lowest BCUT2D eigenvalue weighted by Gasteiger charge is -2.20. The summed E-state index contributed by atoms with van der Waals surface area (Å²) >= 11 is 0. The third-order valence-corrected chi connectivity index (χ3v) is 4.06. The maximum atomic E-state index is 11.5. The van der Waals surface area contributed by atoms with E-state index in [0.717, 1.165) is 5.56 Å². The molecule has 0 saturated carbocycles. The SMILES string of the molecule is COc1cc(OC)c(OC)c(O)c1CC[C@H](OC(C)=O)c1ccccc1. The molecule has 0 fully saturated rings. The van der Waals surface area contributed by atoms with Crippen LogP contribution in [0.3, 0.4) is 0 Å². The Morgan fingerprint density at radius 2 is 1.69 bits per heavy atom. The van der Waals surface area contributed by atoms with Gasteiger partial charge in [0.25, 0.3) is 0 Å². The van der Waals surface area contributed by atoms with Crippen LogP contribution in [0.15, 0.2) is 36.4 Å². The Hall–Kier alpha value is -2.89. The van der Waals surface area contributed by atoms with Crippen molar-refractivity contribution >= 4 is 5.97 Å². The molecule has 0 unspecified atom stereocenters. The predicted octanol–water partition coefficient (Wildman–Crippen LogP) is 3.66. The molecule has 0 aliphatic rings. The second-order valence-corrected chi connectivity index (χ2v) is 5.69. The number of carbonyl (C=O) groups is 1. The highest BCUT2D eigenvalue weighted by Crippen LogP contribution is 2.45. The summed E-state index contributed by atoms with van der Waals surface area (Å²) in [6.07, 6.45) is 0.469. The van der Waals surface area contributed by atoms with Crippen molar-refractivity contribution < 1.29 is 28.8 Å². The largest absolute Gasteiger partial charge is 0.504 e. The maximum Gasteiger partial charge on any atom is 0.303 e. The summed E-state index contributed by atoms with van der Waals surface area (Å²) in [7, 11) is 4.47. The molecule has 2 rings (SSSR count). The Morgan fingerprint density at radius 1 is 1.04 bits per heavy atom. The molecule has 0 heterocycles. The Labute approximate surface area is 153 Å². The summed E-state index contributed by atoms with van der Waals surface area (Å²) in [4.78, 5) is 11.5. The van der Waals surface area contributed by atoms with Crippen molar-refractivity contribution in [2.45, 2.75) is 25.9 Å². The number of rotatable bonds is 8. The summed E-state index contributed by atoms with van der Waals surface area (Å²) < 4.78 is 21.3. The van der Waals surface area contributed by atoms with Crippen molar-refractivity contribution in [2.75, 3.05) is 21.3 Å². The molecule has 2 aromatic rings. The molecule has 1 atom stereocenters. The Kier molecular flexibility index (Phi) is 6.72. The van der Waals surface area contributed by atoms with Gasteiger partial charge in [0.2, 0.25) is 5.75 Å². The minimum Gasteiger partial charge on any atom is -0.504 e. The van der Waals surface area contributed by atoms with E-state index in [2.05, 4.69) is 0 Å². The van der Waals surface area contributed by atoms with Gasteiger partial charge in [0.1, 0.15) is 11.9 Å². The number of benzene rings is 2. The minimum absolute atomic E-state index is 0.0432. The molecule has 6 heteroatoms. The van der Waals surface area contributed by atoms with Gasteiger partial charge in [0.15, 0.2) is 11.5 Å². The number of hydrogen-bond donors (Lipinski definition) is 1. The van der Waals surface area contributed by atoms with E-state index in [0.29, 0.717) is 29.9 Å². The molecule has 0 amide bonds. The second-order valence-electron chi connectivity index (χ2n) is 5.69. The molecule has 0 aliphatic carbocycles. The number of phenols is 1. The number of carbonyl (C=O) groups excluding carboxylic acids is 1. The van der Waals surface area contributed by atoms with Crippen LogP contribution in [0.25, 0.3) is 0 Å². The van der Waals surface area contributed by atoms with E-state index in [-0.39, 0.29) is 17.5 Å². The molecule has 1 N–H and O–H groups in total. The highest BCUT2D eigenvalue weighted by atomic mass is 16.5. The summed E-state index contributed by atoms with van der Waals surface area (Å²) in [6.45, 7) is 1.38. The van der Waals surface area contributed by atoms with Crippen LogP contribution in [0.1, 0.15) is 30.6 Å². The van der Waals surface area contributed by atoms with E-state index in [1.807, 2.05) is 30.3 Å². The Bertz CT molecular complexity index is 742. The lowest BCUT2D eigenvalue weighted by atomic mass is 9.99. The number of aromatic hydroxyl groups is 1. The fourth-order valence-corrected chi connectivity index (χ4v) is 2.85. The minimum atomic E-state index is -0.425. The first-order valence-electron chi connectivity index (χ1n) is 8.24. The van der Waals surface area contributed by atoms with Crippen molar-refractivity contribution in [3.05, 3.63) is 47.5 Å². The van der Waals surface area contributed by atoms with Crippen molar-refractivity contribution in [3.8, 4) is 23.0 Å². The van der Waals surface area contributed by atoms with Crippen molar-refractivity contribution in [1.82, 2.24) is 0 Å². The fraction of sp³-hybridized carbons (Fsp3) is 0.350. The van der Waals surface area contributed by atoms with E-state index >= 15 is 0 Å². The van der Waals surface area contributed by atoms with Crippen LogP contribution in [-0.4, -0.2) is 32.4 Å². The van der Waals surface area contributed by atoms with E-state index in [1.54, 1.807) is 6.07 Å². The zero-order valence-electron chi connectivity index (χ0n) is 15.4. The molecule has 0 aromatic heterocycles. The summed E-state index contributed by atoms with van der Waals surface area (Å²) in [5, 5.41) is 10.6. The van der Waals surface area contributed by atoms with Crippen molar-refractivity contribution in [2.24, 2.45) is 0 Å². The normalized spacial score (nSPS) is 11.5. The topological polar surface area (TPSA) is 74.2 Å². The van der Waals surface area contributed by atoms with Crippen LogP contribution in [0.4, 0.5) is 0 Å². The van der Waals surface area contributed by atoms with E-state index < -0.39 is 6.10 Å². The first-order valence-corrected chi connectivity index (χ1v) is 8.24.